The maximum absolute atomic E-state index is 13.2. The van der Waals surface area contributed by atoms with Gasteiger partial charge < -0.3 is 10.5 Å². The van der Waals surface area contributed by atoms with E-state index in [4.69, 9.17) is 10.5 Å². The predicted octanol–water partition coefficient (Wildman–Crippen LogP) is 3.76. The third kappa shape index (κ3) is 2.83. The molecule has 1 aromatic heterocycles. The molecule has 2 N–H and O–H groups in total. The Hall–Kier alpha value is -2.53. The van der Waals surface area contributed by atoms with Crippen molar-refractivity contribution in [2.24, 2.45) is 5.73 Å². The number of hydrogen-bond donors (Lipinski definition) is 1. The third-order valence-electron chi connectivity index (χ3n) is 3.03. The van der Waals surface area contributed by atoms with Gasteiger partial charge in [-0.1, -0.05) is 18.2 Å². The Morgan fingerprint density at radius 1 is 1.00 bits per heavy atom. The number of benzene rings is 2. The normalized spacial score (nSPS) is 10.8. The molecule has 3 aromatic rings. The van der Waals surface area contributed by atoms with Crippen LogP contribution in [0.4, 0.5) is 8.78 Å². The van der Waals surface area contributed by atoms with Crippen LogP contribution in [0.25, 0.3) is 10.9 Å². The molecule has 0 saturated carbocycles. The van der Waals surface area contributed by atoms with Gasteiger partial charge in [0, 0.05) is 35.7 Å². The minimum atomic E-state index is -0.708. The first-order chi connectivity index (χ1) is 10.2. The summed E-state index contributed by atoms with van der Waals surface area (Å²) in [7, 11) is 0. The minimum absolute atomic E-state index is 0.0463. The lowest BCUT2D eigenvalue weighted by Crippen LogP contribution is -2.02. The molecule has 0 bridgehead atoms. The number of ether oxygens (including phenoxy) is 1. The number of pyridine rings is 1. The average molecular weight is 286 g/mol. The summed E-state index contributed by atoms with van der Waals surface area (Å²) in [4.78, 5) is 4.35. The van der Waals surface area contributed by atoms with Gasteiger partial charge in [-0.15, -0.1) is 0 Å². The molecule has 0 aliphatic heterocycles. The second-order valence-corrected chi connectivity index (χ2v) is 4.56. The highest BCUT2D eigenvalue weighted by Gasteiger charge is 2.10. The first-order valence-corrected chi connectivity index (χ1v) is 6.38. The van der Waals surface area contributed by atoms with Crippen LogP contribution in [0.1, 0.15) is 5.56 Å². The highest BCUT2D eigenvalue weighted by molar-refractivity contribution is 5.80. The van der Waals surface area contributed by atoms with Gasteiger partial charge >= 0.3 is 0 Å². The van der Waals surface area contributed by atoms with Crippen molar-refractivity contribution in [1.82, 2.24) is 4.98 Å². The minimum Gasteiger partial charge on any atom is -0.438 e. The Bertz CT molecular complexity index is 785. The molecule has 5 heteroatoms. The smallest absolute Gasteiger partial charge is 0.224 e. The first-order valence-electron chi connectivity index (χ1n) is 6.38. The zero-order valence-electron chi connectivity index (χ0n) is 11.0. The number of halogens is 2. The molecule has 0 radical (unpaired) electrons. The highest BCUT2D eigenvalue weighted by Crippen LogP contribution is 2.27. The summed E-state index contributed by atoms with van der Waals surface area (Å²) < 4.78 is 31.9. The van der Waals surface area contributed by atoms with E-state index in [1.54, 1.807) is 0 Å². The van der Waals surface area contributed by atoms with Crippen LogP contribution in [0.3, 0.4) is 0 Å². The van der Waals surface area contributed by atoms with Crippen LogP contribution in [0, 0.1) is 11.6 Å². The molecule has 0 atom stereocenters. The van der Waals surface area contributed by atoms with Crippen molar-refractivity contribution >= 4 is 10.9 Å². The van der Waals surface area contributed by atoms with E-state index in [1.165, 1.54) is 0 Å². The van der Waals surface area contributed by atoms with Gasteiger partial charge in [0.1, 0.15) is 17.4 Å². The van der Waals surface area contributed by atoms with Crippen LogP contribution in [0.5, 0.6) is 11.6 Å². The van der Waals surface area contributed by atoms with E-state index in [9.17, 15) is 8.78 Å². The van der Waals surface area contributed by atoms with E-state index in [-0.39, 0.29) is 18.2 Å². The van der Waals surface area contributed by atoms with Crippen LogP contribution >= 0.6 is 0 Å². The predicted molar refractivity (Wildman–Crippen MR) is 76.1 cm³/mol. The number of nitrogens with two attached hydrogens (primary N) is 1. The molecular weight excluding hydrogens is 274 g/mol. The zero-order chi connectivity index (χ0) is 14.8. The highest BCUT2D eigenvalue weighted by atomic mass is 19.1. The molecular formula is C16H12F2N2O. The van der Waals surface area contributed by atoms with Gasteiger partial charge in [-0.2, -0.15) is 0 Å². The third-order valence-corrected chi connectivity index (χ3v) is 3.03. The van der Waals surface area contributed by atoms with Gasteiger partial charge in [-0.25, -0.2) is 13.8 Å². The number of aromatic nitrogens is 1. The fourth-order valence-electron chi connectivity index (χ4n) is 2.08. The molecule has 21 heavy (non-hydrogen) atoms. The lowest BCUT2D eigenvalue weighted by atomic mass is 10.1. The summed E-state index contributed by atoms with van der Waals surface area (Å²) in [5, 5.41) is 0.927. The molecule has 2 aromatic carbocycles. The molecule has 3 rings (SSSR count). The van der Waals surface area contributed by atoms with E-state index >= 15 is 0 Å². The largest absolute Gasteiger partial charge is 0.438 e. The summed E-state index contributed by atoms with van der Waals surface area (Å²) in [6.07, 6.45) is 0. The quantitative estimate of drug-likeness (QED) is 0.797. The fourth-order valence-corrected chi connectivity index (χ4v) is 2.08. The van der Waals surface area contributed by atoms with Crippen molar-refractivity contribution < 1.29 is 13.5 Å². The van der Waals surface area contributed by atoms with Gasteiger partial charge in [0.25, 0.3) is 0 Å². The maximum atomic E-state index is 13.2. The number of rotatable bonds is 3. The summed E-state index contributed by atoms with van der Waals surface area (Å²) in [6.45, 7) is 0.213. The Kier molecular flexibility index (Phi) is 3.50. The van der Waals surface area contributed by atoms with Gasteiger partial charge in [0.15, 0.2) is 0 Å². The topological polar surface area (TPSA) is 48.1 Å². The van der Waals surface area contributed by atoms with E-state index in [0.29, 0.717) is 5.56 Å². The van der Waals surface area contributed by atoms with Crippen molar-refractivity contribution in [3.05, 3.63) is 65.7 Å². The lowest BCUT2D eigenvalue weighted by molar-refractivity contribution is 0.447. The Morgan fingerprint density at radius 2 is 1.71 bits per heavy atom. The van der Waals surface area contributed by atoms with Crippen molar-refractivity contribution in [3.63, 3.8) is 0 Å². The van der Waals surface area contributed by atoms with Crippen LogP contribution in [0.15, 0.2) is 48.5 Å². The van der Waals surface area contributed by atoms with Crippen LogP contribution in [-0.4, -0.2) is 4.98 Å². The molecule has 1 heterocycles. The first kappa shape index (κ1) is 13.5. The number of fused-ring (bicyclic) bond motifs is 1. The average Bonchev–Trinajstić information content (AvgIpc) is 2.45. The Labute approximate surface area is 120 Å². The summed E-state index contributed by atoms with van der Waals surface area (Å²) in [5.41, 5.74) is 7.08. The number of hydrogen-bond acceptors (Lipinski definition) is 3. The fraction of sp³-hybridized carbons (Fsp3) is 0.0625. The second-order valence-electron chi connectivity index (χ2n) is 4.56. The Morgan fingerprint density at radius 3 is 2.43 bits per heavy atom. The van der Waals surface area contributed by atoms with Crippen molar-refractivity contribution in [2.45, 2.75) is 6.54 Å². The molecule has 0 aliphatic carbocycles. The van der Waals surface area contributed by atoms with Crippen molar-refractivity contribution in [3.8, 4) is 11.6 Å². The van der Waals surface area contributed by atoms with Crippen LogP contribution in [-0.2, 0) is 6.54 Å². The molecule has 0 fully saturated rings. The maximum Gasteiger partial charge on any atom is 0.224 e. The van der Waals surface area contributed by atoms with Crippen LogP contribution < -0.4 is 10.5 Å². The summed E-state index contributed by atoms with van der Waals surface area (Å²) >= 11 is 0. The summed E-state index contributed by atoms with van der Waals surface area (Å²) in [5.74, 6) is -1.12. The van der Waals surface area contributed by atoms with Gasteiger partial charge in [-0.05, 0) is 12.1 Å². The van der Waals surface area contributed by atoms with Crippen LogP contribution in [0.2, 0.25) is 0 Å². The Balaban J connectivity index is 2.06. The van der Waals surface area contributed by atoms with Crippen molar-refractivity contribution in [1.29, 1.82) is 0 Å². The number of nitrogens with zero attached hydrogens (tertiary/aromatic N) is 1. The van der Waals surface area contributed by atoms with E-state index in [1.807, 2.05) is 30.3 Å². The molecule has 0 aliphatic rings. The molecule has 0 amide bonds. The molecule has 0 spiro atoms. The molecule has 106 valence electrons. The van der Waals surface area contributed by atoms with E-state index < -0.39 is 11.6 Å². The SMILES string of the molecule is NCc1cc2ccccc2nc1Oc1cc(F)cc(F)c1. The van der Waals surface area contributed by atoms with Gasteiger partial charge in [0.2, 0.25) is 5.88 Å². The molecule has 0 saturated heterocycles. The standard InChI is InChI=1S/C16H12F2N2O/c17-12-6-13(18)8-14(7-12)21-16-11(9-19)5-10-3-1-2-4-15(10)20-16/h1-8H,9,19H2. The van der Waals surface area contributed by atoms with Gasteiger partial charge in [0.05, 0.1) is 5.52 Å². The zero-order valence-corrected chi connectivity index (χ0v) is 11.0. The molecule has 3 nitrogen and oxygen atoms in total. The second kappa shape index (κ2) is 5.46. The van der Waals surface area contributed by atoms with Crippen molar-refractivity contribution in [2.75, 3.05) is 0 Å². The lowest BCUT2D eigenvalue weighted by Gasteiger charge is -2.10. The molecule has 0 unspecified atom stereocenters. The van der Waals surface area contributed by atoms with E-state index in [0.717, 1.165) is 29.1 Å². The number of para-hydroxylation sites is 1. The van der Waals surface area contributed by atoms with Gasteiger partial charge in [-0.3, -0.25) is 0 Å². The summed E-state index contributed by atoms with van der Waals surface area (Å²) in [6, 6.07) is 12.3. The monoisotopic (exact) mass is 286 g/mol. The van der Waals surface area contributed by atoms with E-state index in [2.05, 4.69) is 4.98 Å².